The molecule has 5 aromatic carbocycles. The van der Waals surface area contributed by atoms with E-state index in [1.54, 1.807) is 0 Å². The van der Waals surface area contributed by atoms with Crippen LogP contribution in [0.1, 0.15) is 25.0 Å². The summed E-state index contributed by atoms with van der Waals surface area (Å²) in [5, 5.41) is 3.11. The van der Waals surface area contributed by atoms with Gasteiger partial charge in [0.1, 0.15) is 11.2 Å². The lowest BCUT2D eigenvalue weighted by atomic mass is 9.80. The summed E-state index contributed by atoms with van der Waals surface area (Å²) in [5.74, 6) is 0. The van der Waals surface area contributed by atoms with Crippen LogP contribution in [-0.4, -0.2) is 0 Å². The van der Waals surface area contributed by atoms with E-state index in [9.17, 15) is 0 Å². The Balaban J connectivity index is 1.65. The van der Waals surface area contributed by atoms with Gasteiger partial charge in [0.25, 0.3) is 0 Å². The van der Waals surface area contributed by atoms with Gasteiger partial charge in [0.15, 0.2) is 0 Å². The molecule has 6 aromatic rings. The normalized spacial score (nSPS) is 13.8. The van der Waals surface area contributed by atoms with Gasteiger partial charge in [0, 0.05) is 26.8 Å². The van der Waals surface area contributed by atoms with Gasteiger partial charge in [-0.1, -0.05) is 104 Å². The lowest BCUT2D eigenvalue weighted by Gasteiger charge is -2.23. The summed E-state index contributed by atoms with van der Waals surface area (Å²) in [6, 6.07) is 36.3. The van der Waals surface area contributed by atoms with E-state index >= 15 is 0 Å². The molecule has 1 heterocycles. The SMILES string of the molecule is CC1(C)c2cc(Cl)ccc2-c2c1cc(-c1ccccc1-c1ccccc1)c1oc3ccccc3c21. The Morgan fingerprint density at radius 1 is 0.629 bits per heavy atom. The van der Waals surface area contributed by atoms with Crippen LogP contribution in [0.15, 0.2) is 108 Å². The molecule has 7 rings (SSSR count). The zero-order valence-corrected chi connectivity index (χ0v) is 20.4. The van der Waals surface area contributed by atoms with Crippen molar-refractivity contribution in [2.45, 2.75) is 19.3 Å². The first-order chi connectivity index (χ1) is 17.0. The average Bonchev–Trinajstić information content (AvgIpc) is 3.37. The van der Waals surface area contributed by atoms with Crippen LogP contribution in [0.2, 0.25) is 5.02 Å². The summed E-state index contributed by atoms with van der Waals surface area (Å²) in [6.45, 7) is 4.60. The van der Waals surface area contributed by atoms with Gasteiger partial charge in [-0.05, 0) is 63.2 Å². The largest absolute Gasteiger partial charge is 0.455 e. The third-order valence-electron chi connectivity index (χ3n) is 7.55. The summed E-state index contributed by atoms with van der Waals surface area (Å²) in [6.07, 6.45) is 0. The Kier molecular flexibility index (Phi) is 4.31. The lowest BCUT2D eigenvalue weighted by Crippen LogP contribution is -2.15. The molecular formula is C33H23ClO. The van der Waals surface area contributed by atoms with Gasteiger partial charge in [-0.2, -0.15) is 0 Å². The highest BCUT2D eigenvalue weighted by Gasteiger charge is 2.38. The van der Waals surface area contributed by atoms with E-state index in [1.165, 1.54) is 44.3 Å². The maximum Gasteiger partial charge on any atom is 0.143 e. The van der Waals surface area contributed by atoms with E-state index in [1.807, 2.05) is 12.1 Å². The van der Waals surface area contributed by atoms with Crippen molar-refractivity contribution in [1.29, 1.82) is 0 Å². The van der Waals surface area contributed by atoms with Crippen LogP contribution in [0.3, 0.4) is 0 Å². The van der Waals surface area contributed by atoms with E-state index < -0.39 is 0 Å². The minimum atomic E-state index is -0.182. The van der Waals surface area contributed by atoms with Crippen LogP contribution >= 0.6 is 11.6 Å². The maximum absolute atomic E-state index is 6.63. The highest BCUT2D eigenvalue weighted by atomic mass is 35.5. The first kappa shape index (κ1) is 20.6. The van der Waals surface area contributed by atoms with E-state index in [-0.39, 0.29) is 5.41 Å². The third kappa shape index (κ3) is 2.89. The molecule has 168 valence electrons. The molecule has 0 atom stereocenters. The molecular weight excluding hydrogens is 448 g/mol. The van der Waals surface area contributed by atoms with Crippen molar-refractivity contribution in [3.8, 4) is 33.4 Å². The smallest absolute Gasteiger partial charge is 0.143 e. The maximum atomic E-state index is 6.63. The van der Waals surface area contributed by atoms with Crippen LogP contribution in [0.25, 0.3) is 55.3 Å². The quantitative estimate of drug-likeness (QED) is 0.245. The van der Waals surface area contributed by atoms with Crippen molar-refractivity contribution >= 4 is 33.5 Å². The van der Waals surface area contributed by atoms with E-state index in [4.69, 9.17) is 16.0 Å². The second-order valence-corrected chi connectivity index (χ2v) is 10.3. The fourth-order valence-corrected chi connectivity index (χ4v) is 6.03. The number of furan rings is 1. The molecule has 0 N–H and O–H groups in total. The minimum Gasteiger partial charge on any atom is -0.455 e. The Labute approximate surface area is 209 Å². The van der Waals surface area contributed by atoms with Gasteiger partial charge in [0.05, 0.1) is 0 Å². The topological polar surface area (TPSA) is 13.1 Å². The predicted octanol–water partition coefficient (Wildman–Crippen LogP) is 9.88. The molecule has 1 aliphatic rings. The monoisotopic (exact) mass is 470 g/mol. The second kappa shape index (κ2) is 7.34. The number of hydrogen-bond acceptors (Lipinski definition) is 1. The molecule has 35 heavy (non-hydrogen) atoms. The van der Waals surface area contributed by atoms with Gasteiger partial charge < -0.3 is 4.42 Å². The van der Waals surface area contributed by atoms with Crippen molar-refractivity contribution in [2.75, 3.05) is 0 Å². The molecule has 0 radical (unpaired) electrons. The third-order valence-corrected chi connectivity index (χ3v) is 7.78. The zero-order valence-electron chi connectivity index (χ0n) is 19.6. The number of fused-ring (bicyclic) bond motifs is 7. The summed E-state index contributed by atoms with van der Waals surface area (Å²) in [4.78, 5) is 0. The van der Waals surface area contributed by atoms with Gasteiger partial charge in [-0.15, -0.1) is 0 Å². The van der Waals surface area contributed by atoms with Crippen molar-refractivity contribution in [2.24, 2.45) is 0 Å². The van der Waals surface area contributed by atoms with Crippen LogP contribution in [-0.2, 0) is 5.41 Å². The summed E-state index contributed by atoms with van der Waals surface area (Å²) < 4.78 is 6.63. The fraction of sp³-hybridized carbons (Fsp3) is 0.0909. The van der Waals surface area contributed by atoms with Crippen LogP contribution in [0, 0.1) is 0 Å². The Morgan fingerprint density at radius 3 is 2.17 bits per heavy atom. The predicted molar refractivity (Wildman–Crippen MR) is 147 cm³/mol. The standard InChI is InChI=1S/C33H23ClO/c1-33(2)27-18-21(34)16-17-24(27)30-28(33)19-26(32-31(30)25-14-8-9-15-29(25)35-32)23-13-7-6-12-22(23)20-10-4-3-5-11-20/h3-19H,1-2H3. The lowest BCUT2D eigenvalue weighted by molar-refractivity contribution is 0.657. The molecule has 0 saturated heterocycles. The molecule has 0 unspecified atom stereocenters. The Hall–Kier alpha value is -3.81. The molecule has 0 saturated carbocycles. The molecule has 1 aromatic heterocycles. The Morgan fingerprint density at radius 2 is 1.34 bits per heavy atom. The van der Waals surface area contributed by atoms with Gasteiger partial charge >= 0.3 is 0 Å². The van der Waals surface area contributed by atoms with E-state index in [2.05, 4.69) is 105 Å². The second-order valence-electron chi connectivity index (χ2n) is 9.88. The van der Waals surface area contributed by atoms with Crippen molar-refractivity contribution < 1.29 is 4.42 Å². The van der Waals surface area contributed by atoms with E-state index in [0.29, 0.717) is 0 Å². The van der Waals surface area contributed by atoms with Crippen molar-refractivity contribution in [3.63, 3.8) is 0 Å². The van der Waals surface area contributed by atoms with Gasteiger partial charge in [-0.25, -0.2) is 0 Å². The van der Waals surface area contributed by atoms with Gasteiger partial charge in [0.2, 0.25) is 0 Å². The molecule has 0 aliphatic heterocycles. The van der Waals surface area contributed by atoms with Crippen molar-refractivity contribution in [1.82, 2.24) is 0 Å². The number of halogens is 1. The first-order valence-electron chi connectivity index (χ1n) is 12.0. The summed E-state index contributed by atoms with van der Waals surface area (Å²) in [5.41, 5.74) is 11.5. The number of rotatable bonds is 2. The number of benzene rings is 5. The molecule has 1 aliphatic carbocycles. The highest BCUT2D eigenvalue weighted by Crippen LogP contribution is 2.55. The van der Waals surface area contributed by atoms with Crippen LogP contribution in [0.4, 0.5) is 0 Å². The van der Waals surface area contributed by atoms with Gasteiger partial charge in [-0.3, -0.25) is 0 Å². The summed E-state index contributed by atoms with van der Waals surface area (Å²) in [7, 11) is 0. The highest BCUT2D eigenvalue weighted by molar-refractivity contribution is 6.31. The average molecular weight is 471 g/mol. The zero-order chi connectivity index (χ0) is 23.7. The molecule has 0 fully saturated rings. The fourth-order valence-electron chi connectivity index (χ4n) is 5.86. The van der Waals surface area contributed by atoms with Crippen LogP contribution in [0.5, 0.6) is 0 Å². The molecule has 1 nitrogen and oxygen atoms in total. The summed E-state index contributed by atoms with van der Waals surface area (Å²) >= 11 is 6.48. The first-order valence-corrected chi connectivity index (χ1v) is 12.4. The van der Waals surface area contributed by atoms with Crippen LogP contribution < -0.4 is 0 Å². The van der Waals surface area contributed by atoms with Crippen molar-refractivity contribution in [3.05, 3.63) is 119 Å². The molecule has 2 heteroatoms. The Bertz CT molecular complexity index is 1770. The van der Waals surface area contributed by atoms with E-state index in [0.717, 1.165) is 27.1 Å². The molecule has 0 bridgehead atoms. The molecule has 0 amide bonds. The minimum absolute atomic E-state index is 0.182. The number of hydrogen-bond donors (Lipinski definition) is 0. The molecule has 0 spiro atoms. The number of para-hydroxylation sites is 1.